The highest BCUT2D eigenvalue weighted by Gasteiger charge is 2.21. The van der Waals surface area contributed by atoms with E-state index < -0.39 is 5.82 Å². The molecule has 2 aromatic carbocycles. The fourth-order valence-electron chi connectivity index (χ4n) is 3.78. The van der Waals surface area contributed by atoms with E-state index in [1.807, 2.05) is 36.8 Å². The number of benzene rings is 2. The van der Waals surface area contributed by atoms with Crippen LogP contribution in [0.4, 0.5) is 4.39 Å². The molecular weight excluding hydrogens is 385 g/mol. The molecule has 5 heteroatoms. The average molecular weight is 402 g/mol. The lowest BCUT2D eigenvalue weighted by Gasteiger charge is -2.14. The minimum atomic E-state index is -0.437. The molecule has 142 valence electrons. The molecule has 0 saturated heterocycles. The molecule has 0 aliphatic heterocycles. The molecule has 0 atom stereocenters. The zero-order valence-corrected chi connectivity index (χ0v) is 16.3. The van der Waals surface area contributed by atoms with Gasteiger partial charge in [-0.1, -0.05) is 54.1 Å². The number of imidazole rings is 1. The molecule has 1 aliphatic rings. The van der Waals surface area contributed by atoms with E-state index in [0.29, 0.717) is 6.54 Å². The Morgan fingerprint density at radius 1 is 1.03 bits per heavy atom. The van der Waals surface area contributed by atoms with Crippen molar-refractivity contribution in [2.45, 2.75) is 13.0 Å². The van der Waals surface area contributed by atoms with Gasteiger partial charge in [0.1, 0.15) is 5.82 Å². The molecule has 0 radical (unpaired) electrons. The Morgan fingerprint density at radius 2 is 1.90 bits per heavy atom. The van der Waals surface area contributed by atoms with Gasteiger partial charge in [-0.3, -0.25) is 4.98 Å². The second-order valence-corrected chi connectivity index (χ2v) is 7.42. The largest absolute Gasteiger partial charge is 0.326 e. The van der Waals surface area contributed by atoms with Crippen LogP contribution in [0.1, 0.15) is 16.8 Å². The summed E-state index contributed by atoms with van der Waals surface area (Å²) in [4.78, 5) is 9.20. The van der Waals surface area contributed by atoms with Gasteiger partial charge in [-0.05, 0) is 29.8 Å². The summed E-state index contributed by atoms with van der Waals surface area (Å²) in [5, 5.41) is 0.0888. The van der Waals surface area contributed by atoms with E-state index in [1.165, 1.54) is 11.6 Å². The number of halogens is 2. The molecule has 0 fully saturated rings. The predicted octanol–water partition coefficient (Wildman–Crippen LogP) is 6.02. The van der Waals surface area contributed by atoms with Crippen molar-refractivity contribution >= 4 is 17.7 Å². The fourth-order valence-corrected chi connectivity index (χ4v) is 3.96. The minimum absolute atomic E-state index is 0.0888. The number of hydrogen-bond acceptors (Lipinski definition) is 2. The summed E-state index contributed by atoms with van der Waals surface area (Å²) in [6.07, 6.45) is 8.73. The molecule has 0 bridgehead atoms. The molecule has 2 aromatic heterocycles. The van der Waals surface area contributed by atoms with Gasteiger partial charge in [-0.15, -0.1) is 0 Å². The third-order valence-corrected chi connectivity index (χ3v) is 5.44. The number of fused-ring (bicyclic) bond motifs is 1. The standard InChI is InChI=1S/C24H17ClFN3/c25-20-13-17(9-10-21(20)26)23-24(19-11-12-27-22-8-4-7-18(19)22)29(15-28-23)14-16-5-2-1-3-6-16/h1-7,9-13,15H,8,14H2. The maximum atomic E-state index is 13.7. The number of rotatable bonds is 4. The van der Waals surface area contributed by atoms with E-state index in [-0.39, 0.29) is 5.02 Å². The van der Waals surface area contributed by atoms with Crippen LogP contribution >= 0.6 is 11.6 Å². The molecule has 5 rings (SSSR count). The van der Waals surface area contributed by atoms with E-state index in [4.69, 9.17) is 16.6 Å². The van der Waals surface area contributed by atoms with E-state index in [1.54, 1.807) is 12.1 Å². The molecule has 0 saturated carbocycles. The quantitative estimate of drug-likeness (QED) is 0.418. The van der Waals surface area contributed by atoms with Gasteiger partial charge in [0, 0.05) is 35.9 Å². The molecule has 29 heavy (non-hydrogen) atoms. The van der Waals surface area contributed by atoms with Gasteiger partial charge in [0.2, 0.25) is 0 Å². The van der Waals surface area contributed by atoms with Gasteiger partial charge in [0.25, 0.3) is 0 Å². The van der Waals surface area contributed by atoms with Crippen LogP contribution in [-0.2, 0) is 13.0 Å². The van der Waals surface area contributed by atoms with Crippen molar-refractivity contribution in [2.24, 2.45) is 0 Å². The highest BCUT2D eigenvalue weighted by atomic mass is 35.5. The molecule has 0 N–H and O–H groups in total. The first-order chi connectivity index (χ1) is 14.2. The Morgan fingerprint density at radius 3 is 2.72 bits per heavy atom. The first-order valence-corrected chi connectivity index (χ1v) is 9.78. The maximum absolute atomic E-state index is 13.7. The number of aromatic nitrogens is 3. The Balaban J connectivity index is 1.71. The van der Waals surface area contributed by atoms with E-state index in [2.05, 4.69) is 33.8 Å². The summed E-state index contributed by atoms with van der Waals surface area (Å²) in [5.41, 5.74) is 6.93. The van der Waals surface area contributed by atoms with Crippen LogP contribution in [0.15, 0.2) is 73.2 Å². The summed E-state index contributed by atoms with van der Waals surface area (Å²) in [6, 6.07) is 17.0. The number of pyridine rings is 1. The van der Waals surface area contributed by atoms with Crippen LogP contribution in [0.25, 0.3) is 28.6 Å². The van der Waals surface area contributed by atoms with Crippen LogP contribution in [-0.4, -0.2) is 14.5 Å². The molecule has 3 nitrogen and oxygen atoms in total. The molecule has 4 aromatic rings. The van der Waals surface area contributed by atoms with Crippen LogP contribution in [0.2, 0.25) is 5.02 Å². The molecule has 0 amide bonds. The Labute approximate surface area is 173 Å². The van der Waals surface area contributed by atoms with Crippen molar-refractivity contribution in [3.63, 3.8) is 0 Å². The second-order valence-electron chi connectivity index (χ2n) is 7.01. The van der Waals surface area contributed by atoms with Crippen molar-refractivity contribution in [1.29, 1.82) is 0 Å². The predicted molar refractivity (Wildman–Crippen MR) is 114 cm³/mol. The third kappa shape index (κ3) is 3.26. The zero-order chi connectivity index (χ0) is 19.8. The Bertz CT molecular complexity index is 1230. The summed E-state index contributed by atoms with van der Waals surface area (Å²) in [7, 11) is 0. The number of nitrogens with zero attached hydrogens (tertiary/aromatic N) is 3. The lowest BCUT2D eigenvalue weighted by molar-refractivity contribution is 0.628. The summed E-state index contributed by atoms with van der Waals surface area (Å²) >= 11 is 6.06. The highest BCUT2D eigenvalue weighted by Crippen LogP contribution is 2.37. The van der Waals surface area contributed by atoms with Gasteiger partial charge >= 0.3 is 0 Å². The normalized spacial score (nSPS) is 12.3. The Hall–Kier alpha value is -3.24. The van der Waals surface area contributed by atoms with Crippen molar-refractivity contribution in [3.05, 3.63) is 101 Å². The summed E-state index contributed by atoms with van der Waals surface area (Å²) in [5.74, 6) is -0.437. The first-order valence-electron chi connectivity index (χ1n) is 9.40. The molecule has 1 aliphatic carbocycles. The monoisotopic (exact) mass is 401 g/mol. The summed E-state index contributed by atoms with van der Waals surface area (Å²) in [6.45, 7) is 0.679. The number of allylic oxidation sites excluding steroid dienone is 1. The fraction of sp³-hybridized carbons (Fsp3) is 0.0833. The smallest absolute Gasteiger partial charge is 0.141 e. The second kappa shape index (κ2) is 7.30. The topological polar surface area (TPSA) is 30.7 Å². The Kier molecular flexibility index (Phi) is 4.49. The minimum Gasteiger partial charge on any atom is -0.326 e. The van der Waals surface area contributed by atoms with E-state index in [9.17, 15) is 4.39 Å². The van der Waals surface area contributed by atoms with Crippen LogP contribution in [0.5, 0.6) is 0 Å². The van der Waals surface area contributed by atoms with Crippen molar-refractivity contribution in [1.82, 2.24) is 14.5 Å². The van der Waals surface area contributed by atoms with Gasteiger partial charge in [0.05, 0.1) is 28.4 Å². The van der Waals surface area contributed by atoms with Crippen molar-refractivity contribution < 1.29 is 4.39 Å². The molecule has 2 heterocycles. The number of hydrogen-bond donors (Lipinski definition) is 0. The van der Waals surface area contributed by atoms with Crippen LogP contribution in [0, 0.1) is 5.82 Å². The van der Waals surface area contributed by atoms with Gasteiger partial charge < -0.3 is 4.57 Å². The van der Waals surface area contributed by atoms with E-state index >= 15 is 0 Å². The molecule has 0 unspecified atom stereocenters. The van der Waals surface area contributed by atoms with E-state index in [0.717, 1.165) is 40.2 Å². The van der Waals surface area contributed by atoms with Crippen molar-refractivity contribution in [2.75, 3.05) is 0 Å². The highest BCUT2D eigenvalue weighted by molar-refractivity contribution is 6.31. The SMILES string of the molecule is Fc1ccc(-c2ncn(Cc3ccccc3)c2-c2ccnc3c2C=CC3)cc1Cl. The lowest BCUT2D eigenvalue weighted by atomic mass is 10.0. The third-order valence-electron chi connectivity index (χ3n) is 5.15. The van der Waals surface area contributed by atoms with Crippen molar-refractivity contribution in [3.8, 4) is 22.5 Å². The van der Waals surface area contributed by atoms with Crippen LogP contribution in [0.3, 0.4) is 0 Å². The summed E-state index contributed by atoms with van der Waals surface area (Å²) < 4.78 is 15.9. The first kappa shape index (κ1) is 17.8. The lowest BCUT2D eigenvalue weighted by Crippen LogP contribution is -2.03. The van der Waals surface area contributed by atoms with Gasteiger partial charge in [-0.25, -0.2) is 9.37 Å². The average Bonchev–Trinajstić information content (AvgIpc) is 3.38. The maximum Gasteiger partial charge on any atom is 0.141 e. The zero-order valence-electron chi connectivity index (χ0n) is 15.5. The van der Waals surface area contributed by atoms with Gasteiger partial charge in [0.15, 0.2) is 0 Å². The van der Waals surface area contributed by atoms with Gasteiger partial charge in [-0.2, -0.15) is 0 Å². The van der Waals surface area contributed by atoms with Crippen LogP contribution < -0.4 is 0 Å². The molecular formula is C24H17ClFN3. The molecule has 0 spiro atoms.